The Morgan fingerprint density at radius 1 is 1.18 bits per heavy atom. The van der Waals surface area contributed by atoms with Crippen LogP contribution in [0, 0.1) is 0 Å². The maximum Gasteiger partial charge on any atom is 0.237 e. The maximum atomic E-state index is 12.1. The first-order valence-electron chi connectivity index (χ1n) is 8.67. The van der Waals surface area contributed by atoms with Gasteiger partial charge in [-0.15, -0.1) is 0 Å². The number of nitrogens with zero attached hydrogens (tertiary/aromatic N) is 3. The van der Waals surface area contributed by atoms with E-state index in [4.69, 9.17) is 0 Å². The predicted molar refractivity (Wildman–Crippen MR) is 82.5 cm³/mol. The molecule has 0 aromatic carbocycles. The summed E-state index contributed by atoms with van der Waals surface area (Å²) >= 11 is 0. The fourth-order valence-corrected chi connectivity index (χ4v) is 3.27. The quantitative estimate of drug-likeness (QED) is 0.865. The van der Waals surface area contributed by atoms with E-state index >= 15 is 0 Å². The molecule has 0 spiro atoms. The molecule has 2 aliphatic carbocycles. The molecule has 1 atom stereocenters. The van der Waals surface area contributed by atoms with Crippen LogP contribution in [0.3, 0.4) is 0 Å². The minimum absolute atomic E-state index is 0.0155. The van der Waals surface area contributed by atoms with Crippen LogP contribution in [-0.4, -0.2) is 51.2 Å². The van der Waals surface area contributed by atoms with Crippen molar-refractivity contribution >= 4 is 5.91 Å². The largest absolute Gasteiger partial charge is 0.352 e. The van der Waals surface area contributed by atoms with Crippen molar-refractivity contribution in [3.05, 3.63) is 11.6 Å². The summed E-state index contributed by atoms with van der Waals surface area (Å²) in [5, 5.41) is 10.6. The molecule has 120 valence electrons. The number of carbonyl (C=O) groups is 1. The zero-order valence-corrected chi connectivity index (χ0v) is 13.2. The fourth-order valence-electron chi connectivity index (χ4n) is 3.27. The second-order valence-corrected chi connectivity index (χ2v) is 7.12. The highest BCUT2D eigenvalue weighted by Crippen LogP contribution is 2.38. The third-order valence-electron chi connectivity index (χ3n) is 5.23. The van der Waals surface area contributed by atoms with Crippen molar-refractivity contribution < 1.29 is 4.79 Å². The highest BCUT2D eigenvalue weighted by Gasteiger charge is 2.33. The molecule has 1 amide bonds. The lowest BCUT2D eigenvalue weighted by molar-refractivity contribution is -0.126. The molecule has 6 nitrogen and oxygen atoms in total. The first-order valence-corrected chi connectivity index (χ1v) is 8.67. The number of aromatic amines is 1. The van der Waals surface area contributed by atoms with E-state index in [1.54, 1.807) is 0 Å². The SMILES string of the molecule is C[C@H](C(=O)NC1CC1)N1CCC(c2nc(C3CC3)n[nH]2)CC1. The van der Waals surface area contributed by atoms with Gasteiger partial charge in [-0.2, -0.15) is 5.10 Å². The topological polar surface area (TPSA) is 73.9 Å². The molecular formula is C16H25N5O. The molecule has 3 fully saturated rings. The number of amides is 1. The van der Waals surface area contributed by atoms with Crippen LogP contribution in [-0.2, 0) is 4.79 Å². The highest BCUT2D eigenvalue weighted by molar-refractivity contribution is 5.81. The number of hydrogen-bond donors (Lipinski definition) is 2. The predicted octanol–water partition coefficient (Wildman–Crippen LogP) is 1.53. The molecule has 0 bridgehead atoms. The van der Waals surface area contributed by atoms with Crippen LogP contribution in [0.25, 0.3) is 0 Å². The molecule has 0 radical (unpaired) electrons. The van der Waals surface area contributed by atoms with Gasteiger partial charge in [0, 0.05) is 17.9 Å². The van der Waals surface area contributed by atoms with E-state index in [1.165, 1.54) is 12.8 Å². The molecule has 2 saturated carbocycles. The van der Waals surface area contributed by atoms with Crippen molar-refractivity contribution in [2.45, 2.75) is 69.4 Å². The van der Waals surface area contributed by atoms with E-state index in [2.05, 4.69) is 25.4 Å². The molecule has 6 heteroatoms. The van der Waals surface area contributed by atoms with Crippen LogP contribution in [0.5, 0.6) is 0 Å². The zero-order chi connectivity index (χ0) is 15.1. The summed E-state index contributed by atoms with van der Waals surface area (Å²) in [6, 6.07) is 0.431. The fraction of sp³-hybridized carbons (Fsp3) is 0.812. The van der Waals surface area contributed by atoms with Gasteiger partial charge in [0.05, 0.1) is 6.04 Å². The Balaban J connectivity index is 1.30. The number of likely N-dealkylation sites (tertiary alicyclic amines) is 1. The summed E-state index contributed by atoms with van der Waals surface area (Å²) in [5.74, 6) is 3.33. The van der Waals surface area contributed by atoms with Gasteiger partial charge in [-0.3, -0.25) is 14.8 Å². The number of carbonyl (C=O) groups excluding carboxylic acids is 1. The molecule has 1 aliphatic heterocycles. The van der Waals surface area contributed by atoms with Crippen molar-refractivity contribution in [1.82, 2.24) is 25.4 Å². The lowest BCUT2D eigenvalue weighted by Crippen LogP contribution is -2.48. The van der Waals surface area contributed by atoms with Crippen molar-refractivity contribution in [2.24, 2.45) is 0 Å². The average Bonchev–Trinajstić information content (AvgIpc) is 3.47. The Morgan fingerprint density at radius 2 is 1.91 bits per heavy atom. The normalized spacial score (nSPS) is 25.1. The number of nitrogens with one attached hydrogen (secondary N) is 2. The number of aromatic nitrogens is 3. The van der Waals surface area contributed by atoms with Gasteiger partial charge >= 0.3 is 0 Å². The van der Waals surface area contributed by atoms with Crippen LogP contribution in [0.4, 0.5) is 0 Å². The van der Waals surface area contributed by atoms with Gasteiger partial charge in [-0.25, -0.2) is 4.98 Å². The Kier molecular flexibility index (Phi) is 3.64. The standard InChI is InChI=1S/C16H25N5O/c1-10(16(22)17-13-4-5-13)21-8-6-12(7-9-21)15-18-14(19-20-15)11-2-3-11/h10-13H,2-9H2,1H3,(H,17,22)(H,18,19,20)/t10-/m1/s1. The van der Waals surface area contributed by atoms with Crippen LogP contribution >= 0.6 is 0 Å². The minimum atomic E-state index is -0.0155. The van der Waals surface area contributed by atoms with E-state index in [1.807, 2.05) is 6.92 Å². The molecule has 2 N–H and O–H groups in total. The van der Waals surface area contributed by atoms with Crippen molar-refractivity contribution in [3.63, 3.8) is 0 Å². The van der Waals surface area contributed by atoms with E-state index in [0.717, 1.165) is 50.4 Å². The van der Waals surface area contributed by atoms with Crippen LogP contribution in [0.1, 0.15) is 68.9 Å². The van der Waals surface area contributed by atoms with Crippen LogP contribution in [0.15, 0.2) is 0 Å². The maximum absolute atomic E-state index is 12.1. The van der Waals surface area contributed by atoms with E-state index in [0.29, 0.717) is 17.9 Å². The van der Waals surface area contributed by atoms with Gasteiger partial charge in [-0.1, -0.05) is 0 Å². The summed E-state index contributed by atoms with van der Waals surface area (Å²) in [6.45, 7) is 3.95. The summed E-state index contributed by atoms with van der Waals surface area (Å²) < 4.78 is 0. The molecule has 0 unspecified atom stereocenters. The summed E-state index contributed by atoms with van der Waals surface area (Å²) in [5.41, 5.74) is 0. The Labute approximate surface area is 131 Å². The third kappa shape index (κ3) is 3.02. The highest BCUT2D eigenvalue weighted by atomic mass is 16.2. The molecule has 3 aliphatic rings. The molecule has 1 aromatic rings. The van der Waals surface area contributed by atoms with Crippen molar-refractivity contribution in [2.75, 3.05) is 13.1 Å². The van der Waals surface area contributed by atoms with Gasteiger partial charge in [0.1, 0.15) is 5.82 Å². The van der Waals surface area contributed by atoms with Crippen molar-refractivity contribution in [3.8, 4) is 0 Å². The zero-order valence-electron chi connectivity index (χ0n) is 13.2. The molecule has 22 heavy (non-hydrogen) atoms. The Morgan fingerprint density at radius 3 is 2.55 bits per heavy atom. The summed E-state index contributed by atoms with van der Waals surface area (Å²) in [4.78, 5) is 19.1. The molecule has 1 aromatic heterocycles. The second kappa shape index (κ2) is 5.65. The van der Waals surface area contributed by atoms with Gasteiger partial charge < -0.3 is 5.32 Å². The number of H-pyrrole nitrogens is 1. The van der Waals surface area contributed by atoms with Crippen LogP contribution < -0.4 is 5.32 Å². The Bertz CT molecular complexity index is 540. The van der Waals surface area contributed by atoms with Crippen molar-refractivity contribution in [1.29, 1.82) is 0 Å². The molecule has 2 heterocycles. The molecular weight excluding hydrogens is 278 g/mol. The lowest BCUT2D eigenvalue weighted by Gasteiger charge is -2.34. The smallest absolute Gasteiger partial charge is 0.237 e. The molecule has 1 saturated heterocycles. The van der Waals surface area contributed by atoms with E-state index in [-0.39, 0.29) is 11.9 Å². The number of piperidine rings is 1. The van der Waals surface area contributed by atoms with Crippen LogP contribution in [0.2, 0.25) is 0 Å². The number of rotatable bonds is 5. The van der Waals surface area contributed by atoms with E-state index < -0.39 is 0 Å². The lowest BCUT2D eigenvalue weighted by atomic mass is 9.95. The van der Waals surface area contributed by atoms with Gasteiger partial charge in [-0.05, 0) is 58.5 Å². The Hall–Kier alpha value is -1.43. The second-order valence-electron chi connectivity index (χ2n) is 7.12. The summed E-state index contributed by atoms with van der Waals surface area (Å²) in [7, 11) is 0. The average molecular weight is 303 g/mol. The van der Waals surface area contributed by atoms with Gasteiger partial charge in [0.15, 0.2) is 5.82 Å². The minimum Gasteiger partial charge on any atom is -0.352 e. The van der Waals surface area contributed by atoms with E-state index in [9.17, 15) is 4.79 Å². The number of hydrogen-bond acceptors (Lipinski definition) is 4. The summed E-state index contributed by atoms with van der Waals surface area (Å²) in [6.07, 6.45) is 6.89. The molecule has 4 rings (SSSR count). The first-order chi connectivity index (χ1) is 10.7. The van der Waals surface area contributed by atoms with Gasteiger partial charge in [0.25, 0.3) is 0 Å². The monoisotopic (exact) mass is 303 g/mol. The van der Waals surface area contributed by atoms with Gasteiger partial charge in [0.2, 0.25) is 5.91 Å². The first kappa shape index (κ1) is 14.2. The third-order valence-corrected chi connectivity index (χ3v) is 5.23.